The van der Waals surface area contributed by atoms with Gasteiger partial charge < -0.3 is 19.9 Å². The van der Waals surface area contributed by atoms with Crippen LogP contribution < -0.4 is 15.0 Å². The predicted octanol–water partition coefficient (Wildman–Crippen LogP) is 6.25. The number of nitrogens with zero attached hydrogens (tertiary/aromatic N) is 3. The molecule has 4 aromatic rings. The molecular formula is C30H29FN4O5. The maximum atomic E-state index is 14.4. The van der Waals surface area contributed by atoms with E-state index in [1.807, 2.05) is 52.0 Å². The van der Waals surface area contributed by atoms with Gasteiger partial charge in [0.05, 0.1) is 13.0 Å². The van der Waals surface area contributed by atoms with Crippen molar-refractivity contribution in [2.75, 3.05) is 23.4 Å². The summed E-state index contributed by atoms with van der Waals surface area (Å²) in [7, 11) is 0. The Balaban J connectivity index is 1.46. The molecule has 206 valence electrons. The molecule has 0 unspecified atom stereocenters. The highest BCUT2D eigenvalue weighted by Gasteiger charge is 2.31. The van der Waals surface area contributed by atoms with Crippen molar-refractivity contribution in [1.82, 2.24) is 9.97 Å². The van der Waals surface area contributed by atoms with Gasteiger partial charge in [-0.05, 0) is 74.0 Å². The van der Waals surface area contributed by atoms with E-state index in [-0.39, 0.29) is 12.0 Å². The highest BCUT2D eigenvalue weighted by Crippen LogP contribution is 2.39. The van der Waals surface area contributed by atoms with Gasteiger partial charge in [0.25, 0.3) is 0 Å². The van der Waals surface area contributed by atoms with Crippen LogP contribution in [-0.4, -0.2) is 45.9 Å². The number of nitrogens with one attached hydrogen (secondary N) is 1. The number of halogens is 1. The summed E-state index contributed by atoms with van der Waals surface area (Å²) in [5.74, 6) is -0.812. The van der Waals surface area contributed by atoms with Crippen LogP contribution in [0, 0.1) is 12.7 Å². The van der Waals surface area contributed by atoms with E-state index < -0.39 is 23.5 Å². The highest BCUT2D eigenvalue weighted by atomic mass is 19.1. The lowest BCUT2D eigenvalue weighted by Crippen LogP contribution is -2.42. The van der Waals surface area contributed by atoms with Gasteiger partial charge in [0.1, 0.15) is 29.5 Å². The molecule has 3 heterocycles. The molecule has 1 aliphatic heterocycles. The standard InChI is InChI=1S/C30H29FN4O5/c1-17-23(16-33-28-27(17)35(9-10-39-28)29(38)40-30(2,3)4)18-5-6-20-15-32-25(12-21(20)11-18)34-22-8-7-19(13-26(36)37)24(31)14-22/h5-8,11-12,14-16H,9-10,13H2,1-4H3,(H,32,34)(H,36,37). The van der Waals surface area contributed by atoms with E-state index in [4.69, 9.17) is 14.6 Å². The fourth-order valence-electron chi connectivity index (χ4n) is 4.58. The van der Waals surface area contributed by atoms with Crippen molar-refractivity contribution < 1.29 is 28.6 Å². The predicted molar refractivity (Wildman–Crippen MR) is 150 cm³/mol. The molecule has 0 aliphatic carbocycles. The monoisotopic (exact) mass is 544 g/mol. The zero-order chi connectivity index (χ0) is 28.6. The van der Waals surface area contributed by atoms with Gasteiger partial charge >= 0.3 is 12.1 Å². The van der Waals surface area contributed by atoms with Crippen LogP contribution in [0.2, 0.25) is 0 Å². The van der Waals surface area contributed by atoms with Crippen LogP contribution in [0.5, 0.6) is 5.88 Å². The van der Waals surface area contributed by atoms with Crippen LogP contribution in [0.15, 0.2) is 54.9 Å². The Morgan fingerprint density at radius 1 is 1.10 bits per heavy atom. The molecule has 0 saturated heterocycles. The molecule has 0 spiro atoms. The first-order valence-electron chi connectivity index (χ1n) is 12.8. The Morgan fingerprint density at radius 2 is 1.90 bits per heavy atom. The molecule has 0 saturated carbocycles. The van der Waals surface area contributed by atoms with Gasteiger partial charge in [0.2, 0.25) is 5.88 Å². The highest BCUT2D eigenvalue weighted by molar-refractivity contribution is 5.94. The smallest absolute Gasteiger partial charge is 0.415 e. The van der Waals surface area contributed by atoms with Crippen LogP contribution in [0.25, 0.3) is 21.9 Å². The zero-order valence-corrected chi connectivity index (χ0v) is 22.6. The van der Waals surface area contributed by atoms with Crippen LogP contribution in [-0.2, 0) is 16.0 Å². The minimum Gasteiger partial charge on any atom is -0.481 e. The number of benzene rings is 2. The van der Waals surface area contributed by atoms with Crippen molar-refractivity contribution in [3.05, 3.63) is 71.8 Å². The first-order chi connectivity index (χ1) is 19.0. The number of ether oxygens (including phenoxy) is 2. The Hall–Kier alpha value is -4.73. The normalized spacial score (nSPS) is 13.0. The Labute approximate surface area is 230 Å². The molecule has 10 heteroatoms. The van der Waals surface area contributed by atoms with Crippen LogP contribution >= 0.6 is 0 Å². The second-order valence-electron chi connectivity index (χ2n) is 10.6. The van der Waals surface area contributed by atoms with E-state index in [0.717, 1.165) is 27.5 Å². The molecule has 0 atom stereocenters. The van der Waals surface area contributed by atoms with Gasteiger partial charge in [-0.25, -0.2) is 19.2 Å². The average Bonchev–Trinajstić information content (AvgIpc) is 2.88. The summed E-state index contributed by atoms with van der Waals surface area (Å²) in [6.45, 7) is 8.07. The van der Waals surface area contributed by atoms with Crippen molar-refractivity contribution >= 4 is 40.0 Å². The minimum absolute atomic E-state index is 0.110. The number of rotatable bonds is 5. The number of carbonyl (C=O) groups is 2. The number of carbonyl (C=O) groups excluding carboxylic acids is 1. The second kappa shape index (κ2) is 10.4. The van der Waals surface area contributed by atoms with Gasteiger partial charge in [-0.15, -0.1) is 0 Å². The van der Waals surface area contributed by atoms with Crippen LogP contribution in [0.3, 0.4) is 0 Å². The van der Waals surface area contributed by atoms with Crippen molar-refractivity contribution in [1.29, 1.82) is 0 Å². The quantitative estimate of drug-likeness (QED) is 0.303. The Bertz CT molecular complexity index is 1630. The first kappa shape index (κ1) is 26.9. The topological polar surface area (TPSA) is 114 Å². The third-order valence-electron chi connectivity index (χ3n) is 6.41. The van der Waals surface area contributed by atoms with Crippen molar-refractivity contribution in [3.8, 4) is 17.0 Å². The maximum Gasteiger partial charge on any atom is 0.415 e. The van der Waals surface area contributed by atoms with E-state index >= 15 is 0 Å². The first-order valence-corrected chi connectivity index (χ1v) is 12.8. The van der Waals surface area contributed by atoms with Gasteiger partial charge in [-0.2, -0.15) is 0 Å². The summed E-state index contributed by atoms with van der Waals surface area (Å²) < 4.78 is 25.7. The number of fused-ring (bicyclic) bond motifs is 2. The van der Waals surface area contributed by atoms with Gasteiger partial charge in [0.15, 0.2) is 0 Å². The summed E-state index contributed by atoms with van der Waals surface area (Å²) in [5.41, 5.74) is 3.06. The Kier molecular flexibility index (Phi) is 7.01. The van der Waals surface area contributed by atoms with Crippen molar-refractivity contribution in [3.63, 3.8) is 0 Å². The van der Waals surface area contributed by atoms with Crippen LogP contribution in [0.1, 0.15) is 31.9 Å². The lowest BCUT2D eigenvalue weighted by Gasteiger charge is -2.32. The molecule has 9 nitrogen and oxygen atoms in total. The molecule has 0 fully saturated rings. The molecular weight excluding hydrogens is 515 g/mol. The number of aliphatic carboxylic acids is 1. The number of hydrogen-bond donors (Lipinski definition) is 2. The molecule has 2 aromatic heterocycles. The Morgan fingerprint density at radius 3 is 2.62 bits per heavy atom. The van der Waals surface area contributed by atoms with Gasteiger partial charge in [0, 0.05) is 29.0 Å². The van der Waals surface area contributed by atoms with E-state index in [9.17, 15) is 14.0 Å². The third-order valence-corrected chi connectivity index (χ3v) is 6.41. The third kappa shape index (κ3) is 5.66. The average molecular weight is 545 g/mol. The maximum absolute atomic E-state index is 14.4. The summed E-state index contributed by atoms with van der Waals surface area (Å²) in [6.07, 6.45) is 2.61. The largest absolute Gasteiger partial charge is 0.481 e. The second-order valence-corrected chi connectivity index (χ2v) is 10.6. The lowest BCUT2D eigenvalue weighted by atomic mass is 9.98. The number of anilines is 3. The number of pyridine rings is 2. The summed E-state index contributed by atoms with van der Waals surface area (Å²) in [4.78, 5) is 34.4. The fraction of sp³-hybridized carbons (Fsp3) is 0.267. The van der Waals surface area contributed by atoms with E-state index in [1.165, 1.54) is 12.1 Å². The number of carboxylic acids is 1. The molecule has 40 heavy (non-hydrogen) atoms. The summed E-state index contributed by atoms with van der Waals surface area (Å²) in [6, 6.07) is 12.1. The fourth-order valence-corrected chi connectivity index (χ4v) is 4.58. The van der Waals surface area contributed by atoms with Crippen molar-refractivity contribution in [2.45, 2.75) is 39.7 Å². The summed E-state index contributed by atoms with van der Waals surface area (Å²) >= 11 is 0. The SMILES string of the molecule is Cc1c(-c2ccc3cnc(Nc4ccc(CC(=O)O)c(F)c4)cc3c2)cnc2c1N(C(=O)OC(C)(C)C)CCO2. The molecule has 0 radical (unpaired) electrons. The summed E-state index contributed by atoms with van der Waals surface area (Å²) in [5, 5.41) is 13.8. The molecule has 1 aliphatic rings. The number of aromatic nitrogens is 2. The molecule has 0 bridgehead atoms. The van der Waals surface area contributed by atoms with E-state index in [1.54, 1.807) is 23.4 Å². The van der Waals surface area contributed by atoms with Crippen LogP contribution in [0.4, 0.5) is 26.4 Å². The zero-order valence-electron chi connectivity index (χ0n) is 22.6. The minimum atomic E-state index is -1.10. The molecule has 2 aromatic carbocycles. The molecule has 5 rings (SSSR count). The number of amides is 1. The molecule has 1 amide bonds. The lowest BCUT2D eigenvalue weighted by molar-refractivity contribution is -0.136. The van der Waals surface area contributed by atoms with Gasteiger partial charge in [-0.1, -0.05) is 18.2 Å². The van der Waals surface area contributed by atoms with Gasteiger partial charge in [-0.3, -0.25) is 9.69 Å². The molecule has 2 N–H and O–H groups in total. The van der Waals surface area contributed by atoms with E-state index in [0.29, 0.717) is 36.2 Å². The number of carboxylic acid groups (broad SMARTS) is 1. The number of hydrogen-bond acceptors (Lipinski definition) is 7. The van der Waals surface area contributed by atoms with E-state index in [2.05, 4.69) is 15.3 Å². The van der Waals surface area contributed by atoms with Crippen molar-refractivity contribution in [2.24, 2.45) is 0 Å².